The zero-order chi connectivity index (χ0) is 28.3. The van der Waals surface area contributed by atoms with Gasteiger partial charge in [0.15, 0.2) is 0 Å². The summed E-state index contributed by atoms with van der Waals surface area (Å²) in [7, 11) is 0. The number of carbonyl (C=O) groups excluding carboxylic acids is 1. The summed E-state index contributed by atoms with van der Waals surface area (Å²) in [5.74, 6) is 3.00. The summed E-state index contributed by atoms with van der Waals surface area (Å²) >= 11 is -0.0544. The highest BCUT2D eigenvalue weighted by molar-refractivity contribution is 8.00. The Morgan fingerprint density at radius 2 is 1.73 bits per heavy atom. The lowest BCUT2D eigenvalue weighted by atomic mass is 9.44. The number of aliphatic hydroxyl groups is 1. The van der Waals surface area contributed by atoms with Gasteiger partial charge in [-0.2, -0.15) is 13.2 Å². The van der Waals surface area contributed by atoms with Gasteiger partial charge in [0.05, 0.1) is 5.60 Å². The monoisotopic (exact) mass is 578 g/mol. The molecule has 40 heavy (non-hydrogen) atoms. The highest BCUT2D eigenvalue weighted by Gasteiger charge is 2.61. The predicted molar refractivity (Wildman–Crippen MR) is 152 cm³/mol. The van der Waals surface area contributed by atoms with E-state index in [2.05, 4.69) is 23.6 Å². The van der Waals surface area contributed by atoms with Crippen LogP contribution in [0.5, 0.6) is 0 Å². The second-order valence-corrected chi connectivity index (χ2v) is 15.4. The molecule has 0 spiro atoms. The summed E-state index contributed by atoms with van der Waals surface area (Å²) in [6.07, 6.45) is 9.32. The Kier molecular flexibility index (Phi) is 7.66. The average Bonchev–Trinajstić information content (AvgIpc) is 3.19. The first-order valence-electron chi connectivity index (χ1n) is 15.4. The third-order valence-electron chi connectivity index (χ3n) is 12.1. The van der Waals surface area contributed by atoms with Crippen molar-refractivity contribution >= 4 is 17.5 Å². The predicted octanol–water partition coefficient (Wildman–Crippen LogP) is 6.76. The number of Topliss-reactive ketones (excluding diaryl/α,β-unsaturated/α-hetero) is 1. The van der Waals surface area contributed by atoms with Crippen molar-refractivity contribution in [2.24, 2.45) is 34.5 Å². The molecular formula is C32H45F3N2O2S. The Labute approximate surface area is 241 Å². The molecule has 1 aromatic carbocycles. The van der Waals surface area contributed by atoms with E-state index in [0.717, 1.165) is 70.3 Å². The number of piperazine rings is 1. The number of fused-ring (bicyclic) bond motifs is 5. The first-order chi connectivity index (χ1) is 18.9. The smallest absolute Gasteiger partial charge is 0.389 e. The van der Waals surface area contributed by atoms with Gasteiger partial charge >= 0.3 is 5.51 Å². The molecule has 1 saturated heterocycles. The van der Waals surface area contributed by atoms with Gasteiger partial charge in [-0.3, -0.25) is 14.6 Å². The Morgan fingerprint density at radius 1 is 0.975 bits per heavy atom. The molecule has 8 heteroatoms. The van der Waals surface area contributed by atoms with Crippen LogP contribution in [0.25, 0.3) is 0 Å². The van der Waals surface area contributed by atoms with Crippen LogP contribution in [0.4, 0.5) is 13.2 Å². The summed E-state index contributed by atoms with van der Waals surface area (Å²) in [5.41, 5.74) is -3.80. The van der Waals surface area contributed by atoms with Crippen molar-refractivity contribution in [2.45, 2.75) is 94.2 Å². The molecule has 0 bridgehead atoms. The standard InChI is InChI=1S/C32H45F3N2O2S/c1-29-12-13-31(39,19-23(29)6-7-25-26-8-9-28(38)30(26,2)11-10-27(25)29)21-37-16-14-36(15-17-37)20-22-4-3-5-24(18-22)40-32(33,34)35/h3-5,18,23,25-27,39H,6-17,19-21H2,1-2H3/t23-,25-,26-,27-,29-,30-,31+/m0/s1. The minimum atomic E-state index is -4.27. The molecule has 0 amide bonds. The van der Waals surface area contributed by atoms with Crippen LogP contribution in [-0.2, 0) is 11.3 Å². The molecule has 1 heterocycles. The number of alkyl halides is 3. The van der Waals surface area contributed by atoms with E-state index in [1.165, 1.54) is 25.3 Å². The molecule has 5 aliphatic rings. The third-order valence-corrected chi connectivity index (χ3v) is 12.8. The number of hydrogen-bond acceptors (Lipinski definition) is 5. The van der Waals surface area contributed by atoms with E-state index in [0.29, 0.717) is 42.5 Å². The van der Waals surface area contributed by atoms with Crippen LogP contribution in [0.3, 0.4) is 0 Å². The molecule has 5 fully saturated rings. The first kappa shape index (κ1) is 29.0. The lowest BCUT2D eigenvalue weighted by molar-refractivity contribution is -0.158. The molecule has 0 aromatic heterocycles. The first-order valence-corrected chi connectivity index (χ1v) is 16.2. The Morgan fingerprint density at radius 3 is 2.48 bits per heavy atom. The topological polar surface area (TPSA) is 43.8 Å². The van der Waals surface area contributed by atoms with E-state index in [-0.39, 0.29) is 27.5 Å². The number of halogens is 3. The van der Waals surface area contributed by atoms with Gasteiger partial charge in [-0.05, 0) is 110 Å². The van der Waals surface area contributed by atoms with Gasteiger partial charge in [0, 0.05) is 56.0 Å². The molecule has 222 valence electrons. The molecule has 1 N–H and O–H groups in total. The summed E-state index contributed by atoms with van der Waals surface area (Å²) in [6, 6.07) is 6.78. The number of β-amino-alcohol motifs (C(OH)–C–C–N with tert-alkyl or cyclic N) is 1. The van der Waals surface area contributed by atoms with Crippen LogP contribution in [-0.4, -0.2) is 64.5 Å². The summed E-state index contributed by atoms with van der Waals surface area (Å²) in [5, 5.41) is 11.8. The van der Waals surface area contributed by atoms with E-state index in [1.54, 1.807) is 12.1 Å². The van der Waals surface area contributed by atoms with Gasteiger partial charge in [-0.25, -0.2) is 0 Å². The molecule has 0 unspecified atom stereocenters. The van der Waals surface area contributed by atoms with E-state index < -0.39 is 11.1 Å². The molecule has 1 aliphatic heterocycles. The lowest BCUT2D eigenvalue weighted by Crippen LogP contribution is -2.59. The Hall–Kier alpha value is -1.09. The van der Waals surface area contributed by atoms with Crippen molar-refractivity contribution in [3.05, 3.63) is 29.8 Å². The summed E-state index contributed by atoms with van der Waals surface area (Å²) in [4.78, 5) is 17.7. The quantitative estimate of drug-likeness (QED) is 0.391. The van der Waals surface area contributed by atoms with Crippen molar-refractivity contribution in [1.82, 2.24) is 9.80 Å². The lowest BCUT2D eigenvalue weighted by Gasteiger charge is -2.61. The van der Waals surface area contributed by atoms with Crippen molar-refractivity contribution in [1.29, 1.82) is 0 Å². The van der Waals surface area contributed by atoms with Crippen LogP contribution in [0.15, 0.2) is 29.2 Å². The number of hydrogen-bond donors (Lipinski definition) is 1. The van der Waals surface area contributed by atoms with Gasteiger partial charge in [0.2, 0.25) is 0 Å². The number of nitrogens with zero attached hydrogens (tertiary/aromatic N) is 2. The van der Waals surface area contributed by atoms with Gasteiger partial charge in [0.1, 0.15) is 5.78 Å². The minimum Gasteiger partial charge on any atom is -0.389 e. The SMILES string of the molecule is C[C@]12CC[C@](O)(CN3CCN(Cc4cccc(SC(F)(F)F)c4)CC3)C[C@@H]1CC[C@@H]1[C@@H]2CC[C@]2(C)C(=O)CC[C@@H]12. The third kappa shape index (κ3) is 5.51. The molecule has 4 saturated carbocycles. The van der Waals surface area contributed by atoms with Crippen LogP contribution < -0.4 is 0 Å². The number of ketones is 1. The maximum absolute atomic E-state index is 12.8. The molecule has 7 atom stereocenters. The Bertz CT molecular complexity index is 1110. The zero-order valence-corrected chi connectivity index (χ0v) is 24.8. The molecule has 4 aliphatic carbocycles. The van der Waals surface area contributed by atoms with E-state index in [9.17, 15) is 23.1 Å². The van der Waals surface area contributed by atoms with Crippen molar-refractivity contribution in [3.63, 3.8) is 0 Å². The second-order valence-electron chi connectivity index (χ2n) is 14.3. The van der Waals surface area contributed by atoms with Crippen molar-refractivity contribution in [2.75, 3.05) is 32.7 Å². The van der Waals surface area contributed by atoms with E-state index in [1.807, 2.05) is 6.07 Å². The van der Waals surface area contributed by atoms with E-state index >= 15 is 0 Å². The Balaban J connectivity index is 1.02. The van der Waals surface area contributed by atoms with E-state index in [4.69, 9.17) is 0 Å². The van der Waals surface area contributed by atoms with Crippen molar-refractivity contribution < 1.29 is 23.1 Å². The normalized spacial score (nSPS) is 40.9. The van der Waals surface area contributed by atoms with Crippen LogP contribution in [0.2, 0.25) is 0 Å². The largest absolute Gasteiger partial charge is 0.446 e. The fraction of sp³-hybridized carbons (Fsp3) is 0.781. The molecular weight excluding hydrogens is 533 g/mol. The van der Waals surface area contributed by atoms with Crippen LogP contribution in [0, 0.1) is 34.5 Å². The average molecular weight is 579 g/mol. The fourth-order valence-corrected chi connectivity index (χ4v) is 10.5. The van der Waals surface area contributed by atoms with Gasteiger partial charge in [-0.1, -0.05) is 26.0 Å². The molecule has 6 rings (SSSR count). The zero-order valence-electron chi connectivity index (χ0n) is 24.0. The van der Waals surface area contributed by atoms with Crippen LogP contribution in [0.1, 0.15) is 77.2 Å². The van der Waals surface area contributed by atoms with Crippen molar-refractivity contribution in [3.8, 4) is 0 Å². The minimum absolute atomic E-state index is 0.0544. The molecule has 1 aromatic rings. The number of benzene rings is 1. The van der Waals surface area contributed by atoms with Gasteiger partial charge < -0.3 is 5.11 Å². The second kappa shape index (κ2) is 10.6. The van der Waals surface area contributed by atoms with Gasteiger partial charge in [0.25, 0.3) is 0 Å². The number of rotatable bonds is 5. The van der Waals surface area contributed by atoms with Crippen LogP contribution >= 0.6 is 11.8 Å². The maximum atomic E-state index is 12.8. The fourth-order valence-electron chi connectivity index (χ4n) is 9.86. The summed E-state index contributed by atoms with van der Waals surface area (Å²) in [6.45, 7) is 9.59. The highest BCUT2D eigenvalue weighted by atomic mass is 32.2. The number of carbonyl (C=O) groups is 1. The molecule has 4 nitrogen and oxygen atoms in total. The maximum Gasteiger partial charge on any atom is 0.446 e. The van der Waals surface area contributed by atoms with Gasteiger partial charge in [-0.15, -0.1) is 0 Å². The number of thioether (sulfide) groups is 1. The molecule has 0 radical (unpaired) electrons. The summed E-state index contributed by atoms with van der Waals surface area (Å²) < 4.78 is 38.3. The highest BCUT2D eigenvalue weighted by Crippen LogP contribution is 2.66.